The van der Waals surface area contributed by atoms with E-state index in [1.54, 1.807) is 13.8 Å². The van der Waals surface area contributed by atoms with Gasteiger partial charge in [-0.05, 0) is 35.1 Å². The van der Waals surface area contributed by atoms with Crippen molar-refractivity contribution < 1.29 is 36.7 Å². The number of carbonyl (C=O) groups excluding carboxylic acids is 2. The third-order valence-electron chi connectivity index (χ3n) is 9.22. The number of nitrogens with zero attached hydrogens (tertiary/aromatic N) is 2. The van der Waals surface area contributed by atoms with Crippen LogP contribution < -0.4 is 25.4 Å². The average molecular weight is 691 g/mol. The molecule has 15 heteroatoms. The van der Waals surface area contributed by atoms with Gasteiger partial charge in [-0.2, -0.15) is 0 Å². The number of anilines is 1. The molecule has 5 N–H and O–H groups in total. The predicted octanol–water partition coefficient (Wildman–Crippen LogP) is 2.73. The Hall–Kier alpha value is -4.73. The number of sulfonamides is 1. The molecule has 0 fully saturated rings. The van der Waals surface area contributed by atoms with Crippen molar-refractivity contribution in [2.24, 2.45) is 11.8 Å². The SMILES string of the molecule is CC(C)[C@H](O)C(=O)N[C@H]1Cc2ccc3c(c2)C2(c4ccccc4N[C@@H]2O3)c2oc(nc2-c2nc(CNS(C)(=O)=O)co2)[C@H](C(C)C)NC1=O. The zero-order valence-corrected chi connectivity index (χ0v) is 28.4. The van der Waals surface area contributed by atoms with Crippen molar-refractivity contribution in [2.45, 2.75) is 70.5 Å². The number of nitrogens with one attached hydrogen (secondary N) is 4. The Morgan fingerprint density at radius 1 is 1.10 bits per heavy atom. The Labute approximate surface area is 283 Å². The zero-order chi connectivity index (χ0) is 34.8. The van der Waals surface area contributed by atoms with Crippen LogP contribution in [0, 0.1) is 11.8 Å². The van der Waals surface area contributed by atoms with Crippen LogP contribution in [0.1, 0.15) is 67.8 Å². The lowest BCUT2D eigenvalue weighted by Crippen LogP contribution is -2.52. The number of oxazole rings is 2. The van der Waals surface area contributed by atoms with E-state index in [-0.39, 0.29) is 42.3 Å². The van der Waals surface area contributed by atoms with E-state index in [9.17, 15) is 23.1 Å². The first kappa shape index (κ1) is 32.8. The predicted molar refractivity (Wildman–Crippen MR) is 177 cm³/mol. The lowest BCUT2D eigenvalue weighted by Gasteiger charge is -2.29. The maximum Gasteiger partial charge on any atom is 0.249 e. The summed E-state index contributed by atoms with van der Waals surface area (Å²) in [6.07, 6.45) is 0.576. The molecular weight excluding hydrogens is 652 g/mol. The molecule has 2 amide bonds. The number of hydrogen-bond donors (Lipinski definition) is 5. The van der Waals surface area contributed by atoms with Crippen molar-refractivity contribution in [2.75, 3.05) is 11.6 Å². The van der Waals surface area contributed by atoms with Gasteiger partial charge in [-0.3, -0.25) is 9.59 Å². The van der Waals surface area contributed by atoms with E-state index in [1.165, 1.54) is 6.26 Å². The summed E-state index contributed by atoms with van der Waals surface area (Å²) in [6, 6.07) is 11.6. The Morgan fingerprint density at radius 3 is 2.61 bits per heavy atom. The molecule has 4 aromatic rings. The van der Waals surface area contributed by atoms with Gasteiger partial charge in [0.25, 0.3) is 0 Å². The number of carbonyl (C=O) groups is 2. The smallest absolute Gasteiger partial charge is 0.249 e. The highest BCUT2D eigenvalue weighted by atomic mass is 32.2. The molecule has 0 saturated heterocycles. The van der Waals surface area contributed by atoms with Gasteiger partial charge in [0.05, 0.1) is 18.5 Å². The van der Waals surface area contributed by atoms with Gasteiger partial charge in [-0.1, -0.05) is 58.0 Å². The van der Waals surface area contributed by atoms with Crippen molar-refractivity contribution in [1.29, 1.82) is 0 Å². The van der Waals surface area contributed by atoms with Crippen molar-refractivity contribution >= 4 is 27.5 Å². The number of aliphatic hydroxyl groups excluding tert-OH is 1. The highest BCUT2D eigenvalue weighted by Crippen LogP contribution is 2.59. The van der Waals surface area contributed by atoms with E-state index in [0.717, 1.165) is 28.6 Å². The van der Waals surface area contributed by atoms with Crippen molar-refractivity contribution in [3.63, 3.8) is 0 Å². The average Bonchev–Trinajstić information content (AvgIpc) is 3.82. The van der Waals surface area contributed by atoms with Crippen molar-refractivity contribution in [1.82, 2.24) is 25.3 Å². The fraction of sp³-hybridized carbons (Fsp3) is 0.412. The molecule has 1 spiro atoms. The lowest BCUT2D eigenvalue weighted by atomic mass is 9.72. The van der Waals surface area contributed by atoms with E-state index in [2.05, 4.69) is 25.7 Å². The minimum Gasteiger partial charge on any atom is -0.469 e. The van der Waals surface area contributed by atoms with E-state index >= 15 is 0 Å². The minimum absolute atomic E-state index is 0.0916. The second-order valence-electron chi connectivity index (χ2n) is 13.5. The van der Waals surface area contributed by atoms with Gasteiger partial charge in [0.2, 0.25) is 33.6 Å². The molecule has 49 heavy (non-hydrogen) atoms. The van der Waals surface area contributed by atoms with E-state index in [0.29, 0.717) is 17.2 Å². The summed E-state index contributed by atoms with van der Waals surface area (Å²) < 4.78 is 45.3. The Bertz CT molecular complexity index is 2060. The molecule has 1 unspecified atom stereocenters. The Kier molecular flexibility index (Phi) is 8.03. The van der Waals surface area contributed by atoms with Crippen LogP contribution in [-0.4, -0.2) is 59.9 Å². The van der Waals surface area contributed by atoms with Gasteiger partial charge in [0, 0.05) is 17.7 Å². The van der Waals surface area contributed by atoms with Gasteiger partial charge < -0.3 is 34.6 Å². The molecule has 3 aliphatic heterocycles. The van der Waals surface area contributed by atoms with Crippen LogP contribution in [0.3, 0.4) is 0 Å². The van der Waals surface area contributed by atoms with Gasteiger partial charge in [-0.15, -0.1) is 0 Å². The van der Waals surface area contributed by atoms with Gasteiger partial charge in [-0.25, -0.2) is 23.1 Å². The van der Waals surface area contributed by atoms with Crippen LogP contribution in [0.4, 0.5) is 5.69 Å². The molecule has 5 heterocycles. The van der Waals surface area contributed by atoms with Crippen molar-refractivity contribution in [3.05, 3.63) is 82.8 Å². The maximum atomic E-state index is 14.0. The van der Waals surface area contributed by atoms with E-state index in [1.807, 2.05) is 56.3 Å². The van der Waals surface area contributed by atoms with Crippen LogP contribution in [0.5, 0.6) is 5.75 Å². The van der Waals surface area contributed by atoms with E-state index in [4.69, 9.17) is 18.6 Å². The number of aliphatic hydroxyl groups is 1. The van der Waals surface area contributed by atoms with Gasteiger partial charge in [0.15, 0.2) is 17.7 Å². The first-order chi connectivity index (χ1) is 23.3. The third-order valence-corrected chi connectivity index (χ3v) is 9.89. The number of benzene rings is 2. The van der Waals surface area contributed by atoms with Crippen LogP contribution in [0.25, 0.3) is 11.6 Å². The summed E-state index contributed by atoms with van der Waals surface area (Å²) >= 11 is 0. The first-order valence-electron chi connectivity index (χ1n) is 16.1. The number of amides is 2. The molecule has 14 nitrogen and oxygen atoms in total. The molecule has 0 aliphatic carbocycles. The molecule has 3 aliphatic rings. The molecule has 5 atom stereocenters. The van der Waals surface area contributed by atoms with Crippen LogP contribution in [0.2, 0.25) is 0 Å². The second kappa shape index (κ2) is 12.0. The number of fused-ring (bicyclic) bond motifs is 4. The summed E-state index contributed by atoms with van der Waals surface area (Å²) in [5.41, 5.74) is 2.66. The van der Waals surface area contributed by atoms with Crippen LogP contribution >= 0.6 is 0 Å². The monoisotopic (exact) mass is 690 g/mol. The Balaban J connectivity index is 1.44. The first-order valence-corrected chi connectivity index (χ1v) is 18.0. The maximum absolute atomic E-state index is 14.0. The molecule has 258 valence electrons. The summed E-state index contributed by atoms with van der Waals surface area (Å²) in [6.45, 7) is 7.16. The standard InChI is InChI=1S/C34H38N6O8S/c1-16(2)25-32-40-26(31-36-19(15-46-31)14-35-49(5,44)45)28(48-32)34-20-8-6-7-9-22(20)38-33(34)47-24-11-10-18(12-21(24)34)13-23(29(42)39-25)37-30(43)27(41)17(3)4/h6-12,15-17,23,25,27,33,35,38,41H,13-14H2,1-5H3,(H,37,43)(H,39,42)/t23-,25-,27-,33+,34?/m0/s1. The normalized spacial score (nSPS) is 23.1. The van der Waals surface area contributed by atoms with E-state index < -0.39 is 51.7 Å². The number of hydrogen-bond acceptors (Lipinski definition) is 11. The fourth-order valence-corrected chi connectivity index (χ4v) is 7.12. The van der Waals surface area contributed by atoms with Crippen LogP contribution in [0.15, 0.2) is 57.6 Å². The third kappa shape index (κ3) is 5.64. The van der Waals surface area contributed by atoms with Gasteiger partial charge in [0.1, 0.15) is 35.6 Å². The van der Waals surface area contributed by atoms with Gasteiger partial charge >= 0.3 is 0 Å². The summed E-state index contributed by atoms with van der Waals surface area (Å²) in [4.78, 5) is 36.6. The topological polar surface area (TPSA) is 198 Å². The minimum atomic E-state index is -3.50. The highest BCUT2D eigenvalue weighted by molar-refractivity contribution is 7.88. The lowest BCUT2D eigenvalue weighted by molar-refractivity contribution is -0.135. The molecule has 0 radical (unpaired) electrons. The molecule has 4 bridgehead atoms. The molecule has 0 saturated carbocycles. The fourth-order valence-electron chi connectivity index (χ4n) is 6.71. The number of para-hydroxylation sites is 1. The molecule has 2 aromatic heterocycles. The number of aromatic nitrogens is 2. The summed E-state index contributed by atoms with van der Waals surface area (Å²) in [5.74, 6) is -0.483. The number of ether oxygens (including phenoxy) is 1. The number of rotatable bonds is 8. The second-order valence-corrected chi connectivity index (χ2v) is 15.3. The zero-order valence-electron chi connectivity index (χ0n) is 27.6. The largest absolute Gasteiger partial charge is 0.469 e. The molecule has 2 aromatic carbocycles. The molecule has 7 rings (SSSR count). The highest BCUT2D eigenvalue weighted by Gasteiger charge is 2.61. The van der Waals surface area contributed by atoms with Crippen LogP contribution in [-0.2, 0) is 38.0 Å². The quantitative estimate of drug-likeness (QED) is 0.182. The summed E-state index contributed by atoms with van der Waals surface area (Å²) in [7, 11) is -3.50. The summed E-state index contributed by atoms with van der Waals surface area (Å²) in [5, 5.41) is 19.8. The van der Waals surface area contributed by atoms with Crippen molar-refractivity contribution in [3.8, 4) is 17.3 Å². The Morgan fingerprint density at radius 2 is 1.88 bits per heavy atom. The molecular formula is C34H38N6O8S.